The van der Waals surface area contributed by atoms with Gasteiger partial charge in [0.05, 0.1) is 0 Å². The highest BCUT2D eigenvalue weighted by atomic mass is 32.2. The standard InChI is InChI=1S/C15H21N3O3S/c16-22(20,21)18-7-5-17(6-8-18)15(19)11-12-9-13-3-1-2-4-14(13)10-12/h1-4,12H,5-11H2,(H2,16,20,21). The quantitative estimate of drug-likeness (QED) is 0.859. The fourth-order valence-corrected chi connectivity index (χ4v) is 4.03. The maximum Gasteiger partial charge on any atom is 0.277 e. The van der Waals surface area contributed by atoms with Crippen LogP contribution < -0.4 is 5.14 Å². The van der Waals surface area contributed by atoms with E-state index >= 15 is 0 Å². The molecule has 0 atom stereocenters. The van der Waals surface area contributed by atoms with E-state index < -0.39 is 10.2 Å². The van der Waals surface area contributed by atoms with Gasteiger partial charge in [0, 0.05) is 32.6 Å². The molecule has 0 spiro atoms. The Balaban J connectivity index is 1.52. The number of carbonyl (C=O) groups is 1. The number of hydrogen-bond donors (Lipinski definition) is 1. The minimum absolute atomic E-state index is 0.117. The predicted octanol–water partition coefficient (Wildman–Crippen LogP) is 0.139. The molecule has 1 aliphatic carbocycles. The lowest BCUT2D eigenvalue weighted by Gasteiger charge is -2.33. The lowest BCUT2D eigenvalue weighted by atomic mass is 10.0. The fourth-order valence-electron chi connectivity index (χ4n) is 3.36. The zero-order valence-corrected chi connectivity index (χ0v) is 13.3. The molecule has 0 unspecified atom stereocenters. The van der Waals surface area contributed by atoms with Crippen LogP contribution in [0.15, 0.2) is 24.3 Å². The molecule has 0 aromatic heterocycles. The number of nitrogens with two attached hydrogens (primary N) is 1. The number of amides is 1. The van der Waals surface area contributed by atoms with Gasteiger partial charge >= 0.3 is 0 Å². The first kappa shape index (κ1) is 15.5. The molecule has 0 saturated carbocycles. The molecule has 7 heteroatoms. The Morgan fingerprint density at radius 2 is 1.64 bits per heavy atom. The van der Waals surface area contributed by atoms with Gasteiger partial charge in [0.25, 0.3) is 10.2 Å². The molecule has 2 aliphatic rings. The van der Waals surface area contributed by atoms with Crippen LogP contribution in [0, 0.1) is 5.92 Å². The second-order valence-corrected chi connectivity index (χ2v) is 7.62. The van der Waals surface area contributed by atoms with Gasteiger partial charge in [-0.05, 0) is 29.9 Å². The van der Waals surface area contributed by atoms with Gasteiger partial charge in [-0.25, -0.2) is 5.14 Å². The van der Waals surface area contributed by atoms with Crippen molar-refractivity contribution in [3.63, 3.8) is 0 Å². The van der Waals surface area contributed by atoms with Gasteiger partial charge in [0.1, 0.15) is 0 Å². The van der Waals surface area contributed by atoms with Gasteiger partial charge in [-0.1, -0.05) is 24.3 Å². The van der Waals surface area contributed by atoms with Crippen molar-refractivity contribution in [1.29, 1.82) is 0 Å². The number of fused-ring (bicyclic) bond motifs is 1. The molecule has 6 nitrogen and oxygen atoms in total. The lowest BCUT2D eigenvalue weighted by Crippen LogP contribution is -2.52. The van der Waals surface area contributed by atoms with Crippen molar-refractivity contribution in [3.05, 3.63) is 35.4 Å². The summed E-state index contributed by atoms with van der Waals surface area (Å²) in [5.74, 6) is 0.480. The molecule has 120 valence electrons. The molecule has 1 amide bonds. The number of rotatable bonds is 3. The largest absolute Gasteiger partial charge is 0.340 e. The Kier molecular flexibility index (Phi) is 4.20. The molecule has 0 bridgehead atoms. The van der Waals surface area contributed by atoms with Crippen molar-refractivity contribution in [3.8, 4) is 0 Å². The first-order valence-electron chi connectivity index (χ1n) is 7.56. The van der Waals surface area contributed by atoms with Crippen LogP contribution >= 0.6 is 0 Å². The summed E-state index contributed by atoms with van der Waals surface area (Å²) < 4.78 is 23.8. The van der Waals surface area contributed by atoms with Crippen LogP contribution in [-0.4, -0.2) is 49.7 Å². The summed E-state index contributed by atoms with van der Waals surface area (Å²) in [5.41, 5.74) is 2.69. The van der Waals surface area contributed by atoms with E-state index in [9.17, 15) is 13.2 Å². The van der Waals surface area contributed by atoms with E-state index in [1.54, 1.807) is 4.90 Å². The maximum atomic E-state index is 12.4. The zero-order chi connectivity index (χ0) is 15.7. The number of benzene rings is 1. The SMILES string of the molecule is NS(=O)(=O)N1CCN(C(=O)CC2Cc3ccccc3C2)CC1. The topological polar surface area (TPSA) is 83.7 Å². The molecule has 0 radical (unpaired) electrons. The van der Waals surface area contributed by atoms with Crippen LogP contribution in [0.4, 0.5) is 0 Å². The van der Waals surface area contributed by atoms with E-state index in [-0.39, 0.29) is 19.0 Å². The fraction of sp³-hybridized carbons (Fsp3) is 0.533. The summed E-state index contributed by atoms with van der Waals surface area (Å²) in [5, 5.41) is 5.11. The Hall–Kier alpha value is -1.44. The van der Waals surface area contributed by atoms with E-state index in [2.05, 4.69) is 12.1 Å². The van der Waals surface area contributed by atoms with Crippen molar-refractivity contribution >= 4 is 16.1 Å². The van der Waals surface area contributed by atoms with E-state index in [1.807, 2.05) is 12.1 Å². The molecule has 1 aromatic carbocycles. The van der Waals surface area contributed by atoms with Crippen LogP contribution in [0.5, 0.6) is 0 Å². The van der Waals surface area contributed by atoms with Gasteiger partial charge in [0.2, 0.25) is 5.91 Å². The van der Waals surface area contributed by atoms with E-state index in [0.29, 0.717) is 25.4 Å². The number of piperazine rings is 1. The van der Waals surface area contributed by atoms with Crippen LogP contribution in [0.1, 0.15) is 17.5 Å². The molecule has 1 heterocycles. The van der Waals surface area contributed by atoms with Crippen LogP contribution in [0.2, 0.25) is 0 Å². The highest BCUT2D eigenvalue weighted by Gasteiger charge is 2.29. The third-order valence-electron chi connectivity index (χ3n) is 4.55. The summed E-state index contributed by atoms with van der Waals surface area (Å²) in [6.07, 6.45) is 2.45. The Labute approximate surface area is 131 Å². The molecular formula is C15H21N3O3S. The third kappa shape index (κ3) is 3.31. The predicted molar refractivity (Wildman–Crippen MR) is 83.2 cm³/mol. The molecular weight excluding hydrogens is 302 g/mol. The van der Waals surface area contributed by atoms with Crippen molar-refractivity contribution in [1.82, 2.24) is 9.21 Å². The summed E-state index contributed by atoms with van der Waals surface area (Å²) >= 11 is 0. The second kappa shape index (κ2) is 5.98. The Morgan fingerprint density at radius 1 is 1.09 bits per heavy atom. The summed E-state index contributed by atoms with van der Waals surface area (Å²) in [6.45, 7) is 1.43. The number of nitrogens with zero attached hydrogens (tertiary/aromatic N) is 2. The summed E-state index contributed by atoms with van der Waals surface area (Å²) in [6, 6.07) is 8.33. The minimum Gasteiger partial charge on any atom is -0.340 e. The molecule has 1 aromatic rings. The Bertz CT molecular complexity index is 641. The molecule has 1 aliphatic heterocycles. The average molecular weight is 323 g/mol. The third-order valence-corrected chi connectivity index (χ3v) is 5.64. The van der Waals surface area contributed by atoms with E-state index in [1.165, 1.54) is 15.4 Å². The van der Waals surface area contributed by atoms with Gasteiger partial charge in [0.15, 0.2) is 0 Å². The van der Waals surface area contributed by atoms with Gasteiger partial charge in [-0.3, -0.25) is 4.79 Å². The van der Waals surface area contributed by atoms with Gasteiger partial charge in [-0.15, -0.1) is 0 Å². The first-order chi connectivity index (χ1) is 10.4. The van der Waals surface area contributed by atoms with Gasteiger partial charge in [-0.2, -0.15) is 12.7 Å². The first-order valence-corrected chi connectivity index (χ1v) is 9.06. The highest BCUT2D eigenvalue weighted by molar-refractivity contribution is 7.86. The highest BCUT2D eigenvalue weighted by Crippen LogP contribution is 2.29. The van der Waals surface area contributed by atoms with Crippen molar-refractivity contribution < 1.29 is 13.2 Å². The summed E-state index contributed by atoms with van der Waals surface area (Å²) in [7, 11) is -3.64. The molecule has 3 rings (SSSR count). The second-order valence-electron chi connectivity index (χ2n) is 6.07. The molecule has 1 fully saturated rings. The monoisotopic (exact) mass is 323 g/mol. The summed E-state index contributed by atoms with van der Waals surface area (Å²) in [4.78, 5) is 14.1. The average Bonchev–Trinajstić information content (AvgIpc) is 2.88. The molecule has 2 N–H and O–H groups in total. The van der Waals surface area contributed by atoms with Crippen LogP contribution in [-0.2, 0) is 27.8 Å². The van der Waals surface area contributed by atoms with Crippen LogP contribution in [0.25, 0.3) is 0 Å². The van der Waals surface area contributed by atoms with Crippen molar-refractivity contribution in [2.45, 2.75) is 19.3 Å². The number of carbonyl (C=O) groups excluding carboxylic acids is 1. The smallest absolute Gasteiger partial charge is 0.277 e. The van der Waals surface area contributed by atoms with Crippen LogP contribution in [0.3, 0.4) is 0 Å². The minimum atomic E-state index is -3.64. The Morgan fingerprint density at radius 3 is 2.14 bits per heavy atom. The van der Waals surface area contributed by atoms with Crippen molar-refractivity contribution in [2.75, 3.05) is 26.2 Å². The molecule has 22 heavy (non-hydrogen) atoms. The maximum absolute atomic E-state index is 12.4. The van der Waals surface area contributed by atoms with Crippen molar-refractivity contribution in [2.24, 2.45) is 11.1 Å². The molecule has 1 saturated heterocycles. The normalized spacial score (nSPS) is 20.1. The zero-order valence-electron chi connectivity index (χ0n) is 12.4. The van der Waals surface area contributed by atoms with E-state index in [4.69, 9.17) is 5.14 Å². The van der Waals surface area contributed by atoms with E-state index in [0.717, 1.165) is 12.8 Å². The van der Waals surface area contributed by atoms with Gasteiger partial charge < -0.3 is 4.90 Å². The lowest BCUT2D eigenvalue weighted by molar-refractivity contribution is -0.133. The number of hydrogen-bond acceptors (Lipinski definition) is 3.